The topological polar surface area (TPSA) is 35.5 Å². The molecule has 0 atom stereocenters. The van der Waals surface area contributed by atoms with Gasteiger partial charge in [-0.15, -0.1) is 6.58 Å². The van der Waals surface area contributed by atoms with Crippen molar-refractivity contribution in [3.8, 4) is 0 Å². The molecule has 4 heteroatoms. The maximum absolute atomic E-state index is 12.0. The van der Waals surface area contributed by atoms with Crippen molar-refractivity contribution < 1.29 is 14.6 Å². The Balaban J connectivity index is 1.89. The van der Waals surface area contributed by atoms with E-state index in [2.05, 4.69) is 26.6 Å². The average Bonchev–Trinajstić information content (AvgIpc) is 2.54. The minimum atomic E-state index is -1.59. The van der Waals surface area contributed by atoms with Gasteiger partial charge in [0.25, 0.3) is 0 Å². The van der Waals surface area contributed by atoms with Gasteiger partial charge in [-0.2, -0.15) is 4.89 Å². The molecule has 119 valence electrons. The Morgan fingerprint density at radius 3 is 2.36 bits per heavy atom. The Morgan fingerprint density at radius 2 is 1.82 bits per heavy atom. The van der Waals surface area contributed by atoms with E-state index in [0.717, 1.165) is 37.7 Å². The summed E-state index contributed by atoms with van der Waals surface area (Å²) in [5.74, 6) is 0.295. The summed E-state index contributed by atoms with van der Waals surface area (Å²) in [5.41, 5.74) is 2.55. The molecule has 1 aliphatic rings. The summed E-state index contributed by atoms with van der Waals surface area (Å²) in [4.78, 5) is 22.2. The first-order valence-electron chi connectivity index (χ1n) is 7.90. The highest BCUT2D eigenvalue weighted by Crippen LogP contribution is 2.30. The van der Waals surface area contributed by atoms with Crippen molar-refractivity contribution in [1.82, 2.24) is 0 Å². The summed E-state index contributed by atoms with van der Waals surface area (Å²) in [6.07, 6.45) is 4.84. The van der Waals surface area contributed by atoms with Crippen molar-refractivity contribution in [2.24, 2.45) is 5.92 Å². The van der Waals surface area contributed by atoms with E-state index in [4.69, 9.17) is 9.78 Å². The van der Waals surface area contributed by atoms with Crippen LogP contribution in [-0.2, 0) is 9.78 Å². The van der Waals surface area contributed by atoms with Crippen LogP contribution in [0.4, 0.5) is 0 Å². The molecule has 1 radical (unpaired) electrons. The molecular formula is C18H25O3Si. The second kappa shape index (κ2) is 7.25. The minimum Gasteiger partial charge on any atom is -0.292 e. The molecule has 0 bridgehead atoms. The lowest BCUT2D eigenvalue weighted by molar-refractivity contribution is -0.240. The van der Waals surface area contributed by atoms with Crippen LogP contribution in [-0.4, -0.2) is 14.0 Å². The fourth-order valence-corrected chi connectivity index (χ4v) is 3.73. The highest BCUT2D eigenvalue weighted by atomic mass is 28.3. The first kappa shape index (κ1) is 17.0. The highest BCUT2D eigenvalue weighted by molar-refractivity contribution is 6.93. The number of benzene rings is 1. The van der Waals surface area contributed by atoms with Gasteiger partial charge in [-0.3, -0.25) is 4.89 Å². The van der Waals surface area contributed by atoms with Crippen molar-refractivity contribution in [1.29, 1.82) is 0 Å². The molecule has 0 aliphatic heterocycles. The van der Waals surface area contributed by atoms with Crippen LogP contribution in [0.1, 0.15) is 43.0 Å². The van der Waals surface area contributed by atoms with Crippen molar-refractivity contribution >= 4 is 19.2 Å². The van der Waals surface area contributed by atoms with Gasteiger partial charge in [-0.25, -0.2) is 4.79 Å². The molecule has 0 amide bonds. The van der Waals surface area contributed by atoms with E-state index in [1.807, 2.05) is 17.8 Å². The first-order valence-corrected chi connectivity index (χ1v) is 11.0. The quantitative estimate of drug-likeness (QED) is 0.465. The predicted octanol–water partition coefficient (Wildman–Crippen LogP) is 4.16. The fraction of sp³-hybridized carbons (Fsp3) is 0.444. The van der Waals surface area contributed by atoms with Crippen LogP contribution in [0.5, 0.6) is 0 Å². The zero-order chi connectivity index (χ0) is 16.2. The minimum absolute atomic E-state index is 0.434. The largest absolute Gasteiger partial charge is 0.373 e. The molecule has 1 fully saturated rings. The third-order valence-electron chi connectivity index (χ3n) is 4.44. The molecule has 0 unspecified atom stereocenters. The van der Waals surface area contributed by atoms with Gasteiger partial charge in [0.05, 0.1) is 5.56 Å². The lowest BCUT2D eigenvalue weighted by Crippen LogP contribution is -2.39. The molecule has 0 N–H and O–H groups in total. The van der Waals surface area contributed by atoms with Crippen LogP contribution in [0.25, 0.3) is 0 Å². The van der Waals surface area contributed by atoms with E-state index >= 15 is 0 Å². The second-order valence-corrected chi connectivity index (χ2v) is 11.1. The van der Waals surface area contributed by atoms with Crippen LogP contribution < -0.4 is 5.19 Å². The van der Waals surface area contributed by atoms with Gasteiger partial charge in [0.1, 0.15) is 14.2 Å². The number of hydrogen-bond acceptors (Lipinski definition) is 3. The van der Waals surface area contributed by atoms with E-state index in [9.17, 15) is 4.79 Å². The Bertz CT molecular complexity index is 514. The SMILES string of the molecule is C=C[Si](C)(C)c1ccc(C(=O)OO[C]2CCC(C)CC2)cc1. The number of carbonyl (C=O) groups is 1. The first-order chi connectivity index (χ1) is 10.4. The molecular weight excluding hydrogens is 292 g/mol. The highest BCUT2D eigenvalue weighted by Gasteiger charge is 2.23. The van der Waals surface area contributed by atoms with Crippen LogP contribution in [0.2, 0.25) is 13.1 Å². The van der Waals surface area contributed by atoms with Gasteiger partial charge in [0.2, 0.25) is 0 Å². The van der Waals surface area contributed by atoms with E-state index in [-0.39, 0.29) is 0 Å². The number of carbonyl (C=O) groups excluding carboxylic acids is 1. The van der Waals surface area contributed by atoms with Crippen LogP contribution in [0, 0.1) is 12.0 Å². The standard InChI is InChI=1S/C18H25O3Si/c1-5-22(3,4)17-12-8-15(9-13-17)18(19)21-20-16-10-6-14(2)7-11-16/h5,8-9,12-14H,1,6-7,10-11H2,2-4H3. The van der Waals surface area contributed by atoms with Gasteiger partial charge in [0, 0.05) is 0 Å². The molecule has 0 heterocycles. The lowest BCUT2D eigenvalue weighted by atomic mass is 9.89. The molecule has 1 aliphatic carbocycles. The monoisotopic (exact) mass is 317 g/mol. The van der Waals surface area contributed by atoms with Gasteiger partial charge in [-0.1, -0.05) is 43.0 Å². The van der Waals surface area contributed by atoms with Gasteiger partial charge >= 0.3 is 5.97 Å². The van der Waals surface area contributed by atoms with Crippen molar-refractivity contribution in [2.75, 3.05) is 0 Å². The lowest BCUT2D eigenvalue weighted by Gasteiger charge is -2.23. The molecule has 0 spiro atoms. The van der Waals surface area contributed by atoms with E-state index < -0.39 is 14.0 Å². The molecule has 0 saturated heterocycles. The third kappa shape index (κ3) is 4.30. The van der Waals surface area contributed by atoms with E-state index in [1.165, 1.54) is 5.19 Å². The maximum atomic E-state index is 12.0. The fourth-order valence-electron chi connectivity index (χ4n) is 2.47. The van der Waals surface area contributed by atoms with Crippen LogP contribution >= 0.6 is 0 Å². The summed E-state index contributed by atoms with van der Waals surface area (Å²) < 4.78 is 0. The smallest absolute Gasteiger partial charge is 0.292 e. The van der Waals surface area contributed by atoms with Crippen molar-refractivity contribution in [3.05, 3.63) is 48.2 Å². The zero-order valence-electron chi connectivity index (χ0n) is 13.7. The predicted molar refractivity (Wildman–Crippen MR) is 91.1 cm³/mol. The summed E-state index contributed by atoms with van der Waals surface area (Å²) in [5, 5.41) is 1.25. The molecule has 0 aromatic heterocycles. The Kier molecular flexibility index (Phi) is 5.59. The molecule has 1 aromatic carbocycles. The molecule has 1 saturated carbocycles. The molecule has 2 rings (SSSR count). The zero-order valence-corrected chi connectivity index (χ0v) is 14.7. The van der Waals surface area contributed by atoms with Crippen molar-refractivity contribution in [3.63, 3.8) is 0 Å². The third-order valence-corrected chi connectivity index (χ3v) is 7.28. The van der Waals surface area contributed by atoms with Crippen molar-refractivity contribution in [2.45, 2.75) is 45.7 Å². The van der Waals surface area contributed by atoms with Gasteiger partial charge < -0.3 is 0 Å². The summed E-state index contributed by atoms with van der Waals surface area (Å²) in [6, 6.07) is 7.57. The summed E-state index contributed by atoms with van der Waals surface area (Å²) in [6.45, 7) is 10.6. The van der Waals surface area contributed by atoms with E-state index in [0.29, 0.717) is 5.56 Å². The normalized spacial score (nSPS) is 17.2. The summed E-state index contributed by atoms with van der Waals surface area (Å²) >= 11 is 0. The van der Waals surface area contributed by atoms with E-state index in [1.54, 1.807) is 12.1 Å². The van der Waals surface area contributed by atoms with Crippen LogP contribution in [0.15, 0.2) is 36.5 Å². The Labute approximate surface area is 134 Å². The van der Waals surface area contributed by atoms with Crippen LogP contribution in [0.3, 0.4) is 0 Å². The number of hydrogen-bond donors (Lipinski definition) is 0. The molecule has 3 nitrogen and oxygen atoms in total. The Morgan fingerprint density at radius 1 is 1.23 bits per heavy atom. The molecule has 1 aromatic rings. The number of rotatable bonds is 5. The molecule has 22 heavy (non-hydrogen) atoms. The average molecular weight is 317 g/mol. The summed E-state index contributed by atoms with van der Waals surface area (Å²) in [7, 11) is -1.59. The van der Waals surface area contributed by atoms with Gasteiger partial charge in [-0.05, 0) is 43.7 Å². The van der Waals surface area contributed by atoms with Gasteiger partial charge in [0.15, 0.2) is 0 Å². The maximum Gasteiger partial charge on any atom is 0.373 e. The Hall–Kier alpha value is -1.39. The second-order valence-electron chi connectivity index (χ2n) is 6.68.